The second-order valence-electron chi connectivity index (χ2n) is 25.8. The van der Waals surface area contributed by atoms with Crippen molar-refractivity contribution in [1.29, 1.82) is 15.8 Å². The molecule has 0 atom stereocenters. The van der Waals surface area contributed by atoms with Crippen molar-refractivity contribution in [1.82, 2.24) is 19.9 Å². The second kappa shape index (κ2) is 30.2. The van der Waals surface area contributed by atoms with E-state index in [0.717, 1.165) is 234 Å². The molecule has 0 radical (unpaired) electrons. The number of benzene rings is 9. The van der Waals surface area contributed by atoms with Gasteiger partial charge in [0.1, 0.15) is 11.8 Å². The zero-order chi connectivity index (χ0) is 67.6. The molecule has 99 heavy (non-hydrogen) atoms. The molecule has 15 nitrogen and oxygen atoms in total. The van der Waals surface area contributed by atoms with Crippen LogP contribution in [0.3, 0.4) is 0 Å². The van der Waals surface area contributed by atoms with E-state index < -0.39 is 0 Å². The van der Waals surface area contributed by atoms with Gasteiger partial charge in [0.05, 0.1) is 87.8 Å². The molecular formula is C84H80N10O5. The number of anilines is 3. The first-order valence-electron chi connectivity index (χ1n) is 34.3. The molecule has 0 bridgehead atoms. The number of hydrogen-bond acceptors (Lipinski definition) is 12. The van der Waals surface area contributed by atoms with Gasteiger partial charge in [-0.15, -0.1) is 0 Å². The summed E-state index contributed by atoms with van der Waals surface area (Å²) in [4.78, 5) is 20.2. The fraction of sp³-hybridized carbons (Fsp3) is 0.250. The molecule has 0 aliphatic carbocycles. The summed E-state index contributed by atoms with van der Waals surface area (Å²) in [5.74, 6) is 0.624. The lowest BCUT2D eigenvalue weighted by molar-refractivity contribution is 0.0341. The maximum absolute atomic E-state index is 9.89. The number of nitrogens with one attached hydrogen (secondary N) is 3. The van der Waals surface area contributed by atoms with E-state index in [-0.39, 0.29) is 6.10 Å². The number of aromatic nitrogens is 3. The quantitative estimate of drug-likeness (QED) is 0.0997. The van der Waals surface area contributed by atoms with Gasteiger partial charge in [-0.05, 0) is 179 Å². The summed E-state index contributed by atoms with van der Waals surface area (Å²) in [6.45, 7) is 20.3. The van der Waals surface area contributed by atoms with Crippen LogP contribution in [0.4, 0.5) is 17.1 Å². The third-order valence-corrected chi connectivity index (χ3v) is 19.1. The van der Waals surface area contributed by atoms with Crippen LogP contribution in [-0.4, -0.2) is 131 Å². The van der Waals surface area contributed by atoms with Crippen LogP contribution in [0.5, 0.6) is 5.75 Å². The van der Waals surface area contributed by atoms with Crippen molar-refractivity contribution >= 4 is 49.8 Å². The van der Waals surface area contributed by atoms with Gasteiger partial charge in [0.2, 0.25) is 0 Å². The first-order chi connectivity index (χ1) is 48.6. The van der Waals surface area contributed by atoms with Gasteiger partial charge in [0.15, 0.2) is 0 Å². The third-order valence-electron chi connectivity index (χ3n) is 19.1. The zero-order valence-electron chi connectivity index (χ0n) is 56.3. The highest BCUT2D eigenvalue weighted by atomic mass is 16.5. The monoisotopic (exact) mass is 1310 g/mol. The van der Waals surface area contributed by atoms with Gasteiger partial charge in [-0.25, -0.2) is 0 Å². The van der Waals surface area contributed by atoms with Gasteiger partial charge in [0.25, 0.3) is 0 Å². The number of morpholine rings is 4. The molecule has 9 aromatic carbocycles. The molecule has 12 aromatic rings. The zero-order valence-corrected chi connectivity index (χ0v) is 56.3. The lowest BCUT2D eigenvalue weighted by Crippen LogP contribution is -2.36. The fourth-order valence-electron chi connectivity index (χ4n) is 13.7. The van der Waals surface area contributed by atoms with Crippen LogP contribution < -0.4 is 19.4 Å². The average molecular weight is 1310 g/mol. The van der Waals surface area contributed by atoms with E-state index in [2.05, 4.69) is 210 Å². The van der Waals surface area contributed by atoms with Crippen molar-refractivity contribution < 1.29 is 23.7 Å². The molecule has 7 heterocycles. The maximum Gasteiger partial charge on any atom is 0.137 e. The van der Waals surface area contributed by atoms with Crippen LogP contribution in [0.15, 0.2) is 200 Å². The number of nitriles is 3. The van der Waals surface area contributed by atoms with Crippen LogP contribution in [0.1, 0.15) is 41.7 Å². The minimum absolute atomic E-state index is 0.0215. The van der Waals surface area contributed by atoms with Gasteiger partial charge in [0, 0.05) is 126 Å². The molecule has 496 valence electrons. The Bertz CT molecular complexity index is 4930. The van der Waals surface area contributed by atoms with Crippen molar-refractivity contribution in [2.45, 2.75) is 33.4 Å². The molecule has 4 aliphatic rings. The predicted molar refractivity (Wildman–Crippen MR) is 397 cm³/mol. The Morgan fingerprint density at radius 1 is 0.384 bits per heavy atom. The number of rotatable bonds is 13. The second-order valence-corrected chi connectivity index (χ2v) is 25.8. The van der Waals surface area contributed by atoms with E-state index in [4.69, 9.17) is 23.7 Å². The minimum atomic E-state index is 0.0215. The number of fused-ring (bicyclic) bond motifs is 3. The summed E-state index contributed by atoms with van der Waals surface area (Å²) < 4.78 is 27.6. The van der Waals surface area contributed by atoms with Crippen molar-refractivity contribution in [3.63, 3.8) is 0 Å². The minimum Gasteiger partial charge on any atom is -0.490 e. The summed E-state index contributed by atoms with van der Waals surface area (Å²) in [7, 11) is 0. The van der Waals surface area contributed by atoms with Crippen molar-refractivity contribution in [2.75, 3.05) is 120 Å². The third kappa shape index (κ3) is 14.8. The molecule has 0 spiro atoms. The molecular weight excluding hydrogens is 1230 g/mol. The Hall–Kier alpha value is -10.9. The number of H-pyrrole nitrogens is 3. The van der Waals surface area contributed by atoms with E-state index in [1.807, 2.05) is 63.2 Å². The Kier molecular flexibility index (Phi) is 20.0. The molecule has 3 aromatic heterocycles. The summed E-state index contributed by atoms with van der Waals surface area (Å²) in [5, 5.41) is 32.4. The molecule has 4 aliphatic heterocycles. The lowest BCUT2D eigenvalue weighted by atomic mass is 9.97. The molecule has 0 amide bonds. The van der Waals surface area contributed by atoms with Gasteiger partial charge in [-0.1, -0.05) is 103 Å². The Labute approximate surface area is 578 Å². The van der Waals surface area contributed by atoms with Gasteiger partial charge >= 0.3 is 0 Å². The van der Waals surface area contributed by atoms with Gasteiger partial charge in [-0.2, -0.15) is 15.8 Å². The first-order valence-corrected chi connectivity index (χ1v) is 34.3. The Morgan fingerprint density at radius 3 is 1.11 bits per heavy atom. The maximum atomic E-state index is 9.89. The topological polar surface area (TPSA) is 178 Å². The molecule has 3 N–H and O–H groups in total. The molecule has 15 heteroatoms. The highest BCUT2D eigenvalue weighted by Crippen LogP contribution is 2.39. The fourth-order valence-corrected chi connectivity index (χ4v) is 13.7. The highest BCUT2D eigenvalue weighted by Gasteiger charge is 2.20. The largest absolute Gasteiger partial charge is 0.490 e. The number of hydrogen-bond donors (Lipinski definition) is 3. The van der Waals surface area contributed by atoms with Gasteiger partial charge < -0.3 is 53.3 Å². The van der Waals surface area contributed by atoms with E-state index in [9.17, 15) is 15.8 Å². The normalized spacial score (nSPS) is 15.0. The van der Waals surface area contributed by atoms with E-state index in [0.29, 0.717) is 11.3 Å². The average Bonchev–Trinajstić information content (AvgIpc) is 1.68. The van der Waals surface area contributed by atoms with Crippen LogP contribution in [0, 0.1) is 40.9 Å². The van der Waals surface area contributed by atoms with Crippen LogP contribution in [-0.2, 0) is 25.5 Å². The van der Waals surface area contributed by atoms with E-state index in [1.54, 1.807) is 0 Å². The van der Waals surface area contributed by atoms with Crippen LogP contribution in [0.25, 0.3) is 99.9 Å². The highest BCUT2D eigenvalue weighted by molar-refractivity contribution is 6.01. The summed E-state index contributed by atoms with van der Waals surface area (Å²) in [5.41, 5.74) is 24.3. The van der Waals surface area contributed by atoms with E-state index >= 15 is 0 Å². The Morgan fingerprint density at radius 2 is 0.727 bits per heavy atom. The Balaban J connectivity index is 0.000000127. The molecule has 16 rings (SSSR count). The lowest BCUT2D eigenvalue weighted by Gasteiger charge is -2.28. The number of aromatic amines is 3. The van der Waals surface area contributed by atoms with Crippen molar-refractivity contribution in [3.05, 3.63) is 228 Å². The van der Waals surface area contributed by atoms with Crippen molar-refractivity contribution in [2.24, 2.45) is 0 Å². The summed E-state index contributed by atoms with van der Waals surface area (Å²) >= 11 is 0. The predicted octanol–water partition coefficient (Wildman–Crippen LogP) is 16.6. The standard InChI is InChI=1S/C30H30N4O2.C28H27N3O2.C26H23N3O/c31-20-25-18-23(4-5-24(25)21-33-10-14-35-15-11-33)27-2-1-3-29-28(27)19-30(32-29)22-6-8-26(9-7-22)34-12-16-36-17-13-34;1-19(2)33-28-11-8-21(16-22(28)18-29)24-4-3-5-26-25(24)17-27(30-26)20-6-9-23(10-7-20)31-12-14-32-15-13-31;1-18-5-6-20(15-21(18)17-27)23-3-2-4-25-24(23)16-26(28-25)19-7-9-22(10-8-19)29-11-13-30-14-12-29/h1-9,18-19,32H,10-17,21H2;3-11,16-17,19,30H,12-15H2,1-2H3;2-10,15-16,28H,11-14H2,1H3. The number of ether oxygens (including phenoxy) is 5. The molecule has 0 unspecified atom stereocenters. The SMILES string of the molecule is CC(C)Oc1ccc(-c2cccc3[nH]c(-c4ccc(N5CCOCC5)cc4)cc23)cc1C#N.Cc1ccc(-c2cccc3[nH]c(-c4ccc(N5CCOCC5)cc4)cc23)cc1C#N.N#Cc1cc(-c2cccc3[nH]c(-c4ccc(N5CCOCC5)cc4)cc23)ccc1CN1CCOCC1. The van der Waals surface area contributed by atoms with Crippen molar-refractivity contribution in [3.8, 4) is 91.1 Å². The summed E-state index contributed by atoms with van der Waals surface area (Å²) in [6.07, 6.45) is 0.0215. The first kappa shape index (κ1) is 65.4. The van der Waals surface area contributed by atoms with E-state index in [1.165, 1.54) is 17.1 Å². The molecule has 0 saturated carbocycles. The van der Waals surface area contributed by atoms with Gasteiger partial charge in [-0.3, -0.25) is 4.90 Å². The smallest absolute Gasteiger partial charge is 0.137 e. The number of nitrogens with zero attached hydrogens (tertiary/aromatic N) is 7. The van der Waals surface area contributed by atoms with Crippen LogP contribution >= 0.6 is 0 Å². The molecule has 4 fully saturated rings. The molecule has 4 saturated heterocycles. The van der Waals surface area contributed by atoms with Crippen LogP contribution in [0.2, 0.25) is 0 Å². The number of aryl methyl sites for hydroxylation is 1. The summed E-state index contributed by atoms with van der Waals surface area (Å²) in [6, 6.07) is 76.9.